The van der Waals surface area contributed by atoms with Gasteiger partial charge in [0.2, 0.25) is 0 Å². The van der Waals surface area contributed by atoms with Crippen LogP contribution in [0.15, 0.2) is 42.5 Å². The monoisotopic (exact) mass is 323 g/mol. The first kappa shape index (κ1) is 16.7. The van der Waals surface area contributed by atoms with Crippen LogP contribution in [0, 0.1) is 5.82 Å². The lowest BCUT2D eigenvalue weighted by Gasteiger charge is -2.19. The molecule has 5 heteroatoms. The summed E-state index contributed by atoms with van der Waals surface area (Å²) in [6, 6.07) is 12.2. The fourth-order valence-corrected chi connectivity index (χ4v) is 2.39. The van der Waals surface area contributed by atoms with E-state index in [9.17, 15) is 4.39 Å². The number of hydrogen-bond donors (Lipinski definition) is 1. The third-order valence-corrected chi connectivity index (χ3v) is 3.67. The maximum absolute atomic E-state index is 14.8. The van der Waals surface area contributed by atoms with Crippen molar-refractivity contribution in [1.29, 1.82) is 0 Å². The number of para-hydroxylation sites is 1. The van der Waals surface area contributed by atoms with Crippen molar-refractivity contribution in [2.24, 2.45) is 0 Å². The molecule has 0 spiro atoms. The molecule has 0 fully saturated rings. The minimum Gasteiger partial charge on any atom is -0.453 e. The van der Waals surface area contributed by atoms with E-state index in [2.05, 4.69) is 5.32 Å². The molecule has 1 N–H and O–H groups in total. The summed E-state index contributed by atoms with van der Waals surface area (Å²) in [6.07, 6.45) is 0.649. The molecule has 0 aliphatic carbocycles. The summed E-state index contributed by atoms with van der Waals surface area (Å²) in [5, 5.41) is 3.33. The van der Waals surface area contributed by atoms with E-state index in [1.807, 2.05) is 18.2 Å². The Morgan fingerprint density at radius 2 is 1.91 bits per heavy atom. The highest BCUT2D eigenvalue weighted by Crippen LogP contribution is 2.36. The molecule has 0 heterocycles. The molecule has 0 aliphatic heterocycles. The molecular weight excluding hydrogens is 305 g/mol. The van der Waals surface area contributed by atoms with Crippen molar-refractivity contribution in [3.8, 4) is 11.5 Å². The Balaban J connectivity index is 2.32. The zero-order valence-corrected chi connectivity index (χ0v) is 13.4. The molecule has 2 rings (SSSR count). The highest BCUT2D eigenvalue weighted by Gasteiger charge is 2.20. The van der Waals surface area contributed by atoms with Crippen LogP contribution >= 0.6 is 11.6 Å². The van der Waals surface area contributed by atoms with Crippen LogP contribution in [-0.4, -0.2) is 20.8 Å². The quantitative estimate of drug-likeness (QED) is 0.809. The highest BCUT2D eigenvalue weighted by atomic mass is 35.5. The molecule has 0 saturated heterocycles. The molecule has 0 aromatic heterocycles. The van der Waals surface area contributed by atoms with E-state index in [0.717, 1.165) is 0 Å². The average Bonchev–Trinajstić information content (AvgIpc) is 2.54. The molecule has 0 saturated carbocycles. The van der Waals surface area contributed by atoms with Gasteiger partial charge in [-0.3, -0.25) is 0 Å². The average molecular weight is 324 g/mol. The first-order valence-corrected chi connectivity index (χ1v) is 7.42. The molecule has 118 valence electrons. The first-order valence-electron chi connectivity index (χ1n) is 7.04. The van der Waals surface area contributed by atoms with Crippen LogP contribution < -0.4 is 10.1 Å². The van der Waals surface area contributed by atoms with Gasteiger partial charge >= 0.3 is 0 Å². The molecule has 0 amide bonds. The fraction of sp³-hybridized carbons (Fsp3) is 0.294. The molecule has 2 aromatic carbocycles. The molecule has 0 bridgehead atoms. The Morgan fingerprint density at radius 3 is 2.55 bits per heavy atom. The van der Waals surface area contributed by atoms with E-state index in [0.29, 0.717) is 24.3 Å². The number of methoxy groups -OCH3 is 1. The zero-order valence-electron chi connectivity index (χ0n) is 12.6. The third kappa shape index (κ3) is 3.97. The molecule has 0 unspecified atom stereocenters. The van der Waals surface area contributed by atoms with Crippen LogP contribution in [0.3, 0.4) is 0 Å². The minimum atomic E-state index is -0.452. The Hall–Kier alpha value is -1.62. The number of nitrogens with one attached hydrogen (secondary N) is 1. The molecular formula is C17H19ClFNO2. The second kappa shape index (κ2) is 8.13. The maximum Gasteiger partial charge on any atom is 0.181 e. The van der Waals surface area contributed by atoms with E-state index < -0.39 is 5.82 Å². The molecule has 0 aliphatic rings. The standard InChI is InChI=1S/C17H19ClFNO2/c1-20-15(10-11-21-2)13-8-9-14(18)17(16(13)19)22-12-6-4-3-5-7-12/h3-9,15,20H,10-11H2,1-2H3/t15-/m1/s1. The van der Waals surface area contributed by atoms with Crippen molar-refractivity contribution in [2.75, 3.05) is 20.8 Å². The summed E-state index contributed by atoms with van der Waals surface area (Å²) in [5.41, 5.74) is 0.509. The first-order chi connectivity index (χ1) is 10.7. The van der Waals surface area contributed by atoms with E-state index in [1.54, 1.807) is 38.4 Å². The summed E-state index contributed by atoms with van der Waals surface area (Å²) in [4.78, 5) is 0. The molecule has 22 heavy (non-hydrogen) atoms. The van der Waals surface area contributed by atoms with Gasteiger partial charge in [-0.25, -0.2) is 4.39 Å². The van der Waals surface area contributed by atoms with Gasteiger partial charge < -0.3 is 14.8 Å². The van der Waals surface area contributed by atoms with E-state index >= 15 is 0 Å². The predicted molar refractivity (Wildman–Crippen MR) is 86.2 cm³/mol. The Morgan fingerprint density at radius 1 is 1.18 bits per heavy atom. The number of benzene rings is 2. The molecule has 3 nitrogen and oxygen atoms in total. The van der Waals surface area contributed by atoms with Gasteiger partial charge in [-0.15, -0.1) is 0 Å². The molecule has 2 aromatic rings. The van der Waals surface area contributed by atoms with E-state index in [1.165, 1.54) is 0 Å². The van der Waals surface area contributed by atoms with Crippen molar-refractivity contribution < 1.29 is 13.9 Å². The Bertz CT molecular complexity index is 607. The summed E-state index contributed by atoms with van der Waals surface area (Å²) in [7, 11) is 3.40. The van der Waals surface area contributed by atoms with Crippen LogP contribution in [-0.2, 0) is 4.74 Å². The van der Waals surface area contributed by atoms with Crippen molar-refractivity contribution in [2.45, 2.75) is 12.5 Å². The summed E-state index contributed by atoms with van der Waals surface area (Å²) >= 11 is 6.09. The summed E-state index contributed by atoms with van der Waals surface area (Å²) in [6.45, 7) is 0.530. The van der Waals surface area contributed by atoms with Gasteiger partial charge in [-0.05, 0) is 31.7 Å². The van der Waals surface area contributed by atoms with E-state index in [4.69, 9.17) is 21.1 Å². The summed E-state index contributed by atoms with van der Waals surface area (Å²) in [5.74, 6) is 0.133. The number of rotatable bonds is 7. The number of hydrogen-bond acceptors (Lipinski definition) is 3. The van der Waals surface area contributed by atoms with Gasteiger partial charge in [0.1, 0.15) is 5.75 Å². The third-order valence-electron chi connectivity index (χ3n) is 3.38. The zero-order chi connectivity index (χ0) is 15.9. The number of halogens is 2. The maximum atomic E-state index is 14.8. The SMILES string of the molecule is CN[C@H](CCOC)c1ccc(Cl)c(Oc2ccccc2)c1F. The molecule has 0 radical (unpaired) electrons. The fourth-order valence-electron chi connectivity index (χ4n) is 2.21. The van der Waals surface area contributed by atoms with Crippen molar-refractivity contribution in [3.63, 3.8) is 0 Å². The molecule has 1 atom stereocenters. The van der Waals surface area contributed by atoms with E-state index in [-0.39, 0.29) is 16.8 Å². The normalized spacial score (nSPS) is 12.2. The second-order valence-corrected chi connectivity index (χ2v) is 5.22. The predicted octanol–water partition coefficient (Wildman–Crippen LogP) is 4.57. The van der Waals surface area contributed by atoms with Crippen LogP contribution in [0.25, 0.3) is 0 Å². The topological polar surface area (TPSA) is 30.5 Å². The Kier molecular flexibility index (Phi) is 6.19. The van der Waals surface area contributed by atoms with Crippen LogP contribution in [0.4, 0.5) is 4.39 Å². The smallest absolute Gasteiger partial charge is 0.181 e. The lowest BCUT2D eigenvalue weighted by Crippen LogP contribution is -2.19. The second-order valence-electron chi connectivity index (χ2n) is 4.82. The van der Waals surface area contributed by atoms with Crippen molar-refractivity contribution in [1.82, 2.24) is 5.32 Å². The Labute approximate surface area is 135 Å². The van der Waals surface area contributed by atoms with Gasteiger partial charge in [0.15, 0.2) is 11.6 Å². The van der Waals surface area contributed by atoms with Crippen LogP contribution in [0.5, 0.6) is 11.5 Å². The largest absolute Gasteiger partial charge is 0.453 e. The minimum absolute atomic E-state index is 0.0445. The van der Waals surface area contributed by atoms with Crippen LogP contribution in [0.2, 0.25) is 5.02 Å². The highest BCUT2D eigenvalue weighted by molar-refractivity contribution is 6.32. The van der Waals surface area contributed by atoms with Crippen molar-refractivity contribution in [3.05, 3.63) is 58.9 Å². The van der Waals surface area contributed by atoms with Crippen LogP contribution in [0.1, 0.15) is 18.0 Å². The van der Waals surface area contributed by atoms with Gasteiger partial charge in [0.25, 0.3) is 0 Å². The van der Waals surface area contributed by atoms with Gasteiger partial charge in [-0.2, -0.15) is 0 Å². The summed E-state index contributed by atoms with van der Waals surface area (Å²) < 4.78 is 25.5. The van der Waals surface area contributed by atoms with Gasteiger partial charge in [0.05, 0.1) is 5.02 Å². The van der Waals surface area contributed by atoms with Gasteiger partial charge in [0, 0.05) is 25.3 Å². The van der Waals surface area contributed by atoms with Gasteiger partial charge in [-0.1, -0.05) is 35.9 Å². The lowest BCUT2D eigenvalue weighted by molar-refractivity contribution is 0.183. The lowest BCUT2D eigenvalue weighted by atomic mass is 10.0. The number of ether oxygens (including phenoxy) is 2. The van der Waals surface area contributed by atoms with Crippen molar-refractivity contribution >= 4 is 11.6 Å².